The van der Waals surface area contributed by atoms with Gasteiger partial charge in [-0.25, -0.2) is 10.7 Å². The molecule has 0 radical (unpaired) electrons. The Morgan fingerprint density at radius 2 is 1.93 bits per heavy atom. The molecule has 4 heteroatoms. The van der Waals surface area contributed by atoms with Crippen molar-refractivity contribution in [1.82, 2.24) is 0 Å². The predicted molar refractivity (Wildman–Crippen MR) is 51.5 cm³/mol. The van der Waals surface area contributed by atoms with Gasteiger partial charge in [-0.05, 0) is 24.6 Å². The number of ether oxygens (including phenoxy) is 1. The van der Waals surface area contributed by atoms with E-state index >= 15 is 0 Å². The van der Waals surface area contributed by atoms with Crippen LogP contribution >= 0.6 is 0 Å². The van der Waals surface area contributed by atoms with Gasteiger partial charge in [0, 0.05) is 0 Å². The van der Waals surface area contributed by atoms with Crippen LogP contribution in [0, 0.1) is 0 Å². The van der Waals surface area contributed by atoms with E-state index in [0.29, 0.717) is 5.56 Å². The molecule has 1 aromatic carbocycles. The van der Waals surface area contributed by atoms with E-state index in [1.807, 2.05) is 6.92 Å². The zero-order valence-electron chi connectivity index (χ0n) is 8.19. The van der Waals surface area contributed by atoms with Crippen LogP contribution in [-0.4, -0.2) is 13.1 Å². The van der Waals surface area contributed by atoms with Crippen LogP contribution in [-0.2, 0) is 9.57 Å². The van der Waals surface area contributed by atoms with E-state index in [-0.39, 0.29) is 12.1 Å². The third-order valence-corrected chi connectivity index (χ3v) is 2.01. The lowest BCUT2D eigenvalue weighted by atomic mass is 10.1. The van der Waals surface area contributed by atoms with Crippen molar-refractivity contribution in [1.29, 1.82) is 0 Å². The summed E-state index contributed by atoms with van der Waals surface area (Å²) in [7, 11) is 1.35. The molecule has 0 aliphatic carbocycles. The van der Waals surface area contributed by atoms with E-state index in [2.05, 4.69) is 9.57 Å². The Morgan fingerprint density at radius 1 is 1.36 bits per heavy atom. The van der Waals surface area contributed by atoms with E-state index in [9.17, 15) is 4.79 Å². The van der Waals surface area contributed by atoms with Crippen molar-refractivity contribution in [3.8, 4) is 0 Å². The van der Waals surface area contributed by atoms with Crippen molar-refractivity contribution in [2.75, 3.05) is 7.11 Å². The number of esters is 1. The largest absolute Gasteiger partial charge is 0.465 e. The summed E-state index contributed by atoms with van der Waals surface area (Å²) < 4.78 is 4.57. The number of hydrogen-bond acceptors (Lipinski definition) is 4. The number of nitrogens with two attached hydrogens (primary N) is 1. The van der Waals surface area contributed by atoms with E-state index < -0.39 is 0 Å². The van der Waals surface area contributed by atoms with Gasteiger partial charge in [-0.2, -0.15) is 0 Å². The molecule has 1 rings (SSSR count). The highest BCUT2D eigenvalue weighted by Crippen LogP contribution is 2.15. The Bertz CT molecular complexity index is 308. The van der Waals surface area contributed by atoms with Crippen LogP contribution < -0.4 is 5.90 Å². The summed E-state index contributed by atoms with van der Waals surface area (Å²) in [6, 6.07) is 6.92. The Kier molecular flexibility index (Phi) is 3.62. The normalized spacial score (nSPS) is 12.2. The van der Waals surface area contributed by atoms with Gasteiger partial charge in [-0.15, -0.1) is 0 Å². The lowest BCUT2D eigenvalue weighted by Crippen LogP contribution is -2.06. The van der Waals surface area contributed by atoms with Crippen molar-refractivity contribution in [2.24, 2.45) is 5.90 Å². The Labute approximate surface area is 82.6 Å². The topological polar surface area (TPSA) is 61.5 Å². The van der Waals surface area contributed by atoms with Gasteiger partial charge in [0.2, 0.25) is 0 Å². The van der Waals surface area contributed by atoms with Gasteiger partial charge in [0.25, 0.3) is 0 Å². The van der Waals surface area contributed by atoms with Gasteiger partial charge in [0.05, 0.1) is 12.7 Å². The fourth-order valence-corrected chi connectivity index (χ4v) is 1.09. The molecule has 0 amide bonds. The molecule has 0 bridgehead atoms. The first-order chi connectivity index (χ1) is 6.69. The maximum absolute atomic E-state index is 11.1. The molecule has 14 heavy (non-hydrogen) atoms. The minimum Gasteiger partial charge on any atom is -0.465 e. The Balaban J connectivity index is 2.83. The average Bonchev–Trinajstić information content (AvgIpc) is 2.27. The molecule has 0 aliphatic heterocycles. The molecule has 2 N–H and O–H groups in total. The number of hydrogen-bond donors (Lipinski definition) is 1. The zero-order chi connectivity index (χ0) is 10.6. The zero-order valence-corrected chi connectivity index (χ0v) is 8.19. The molecule has 0 saturated carbocycles. The highest BCUT2D eigenvalue weighted by Gasteiger charge is 2.07. The summed E-state index contributed by atoms with van der Waals surface area (Å²) >= 11 is 0. The van der Waals surface area contributed by atoms with Gasteiger partial charge in [0.15, 0.2) is 0 Å². The lowest BCUT2D eigenvalue weighted by Gasteiger charge is -2.08. The fourth-order valence-electron chi connectivity index (χ4n) is 1.09. The summed E-state index contributed by atoms with van der Waals surface area (Å²) in [4.78, 5) is 15.7. The van der Waals surface area contributed by atoms with Crippen molar-refractivity contribution in [2.45, 2.75) is 13.0 Å². The highest BCUT2D eigenvalue weighted by atomic mass is 16.6. The van der Waals surface area contributed by atoms with E-state index in [1.165, 1.54) is 7.11 Å². The van der Waals surface area contributed by atoms with Crippen LogP contribution in [0.25, 0.3) is 0 Å². The predicted octanol–water partition coefficient (Wildman–Crippen LogP) is 1.42. The second kappa shape index (κ2) is 4.74. The Hall–Kier alpha value is -1.39. The number of carbonyl (C=O) groups is 1. The highest BCUT2D eigenvalue weighted by molar-refractivity contribution is 5.89. The molecular formula is C10H13NO3. The SMILES string of the molecule is COC(=O)c1ccc(C(C)ON)cc1. The average molecular weight is 195 g/mol. The molecule has 1 atom stereocenters. The molecule has 0 aromatic heterocycles. The van der Waals surface area contributed by atoms with E-state index in [1.54, 1.807) is 24.3 Å². The number of benzene rings is 1. The maximum atomic E-state index is 11.1. The van der Waals surface area contributed by atoms with Gasteiger partial charge < -0.3 is 4.74 Å². The van der Waals surface area contributed by atoms with Crippen LogP contribution in [0.4, 0.5) is 0 Å². The second-order valence-corrected chi connectivity index (χ2v) is 2.89. The molecular weight excluding hydrogens is 182 g/mol. The first kappa shape index (κ1) is 10.7. The maximum Gasteiger partial charge on any atom is 0.337 e. The van der Waals surface area contributed by atoms with Gasteiger partial charge in [-0.3, -0.25) is 4.84 Å². The van der Waals surface area contributed by atoms with Crippen LogP contribution in [0.3, 0.4) is 0 Å². The second-order valence-electron chi connectivity index (χ2n) is 2.89. The van der Waals surface area contributed by atoms with Crippen LogP contribution in [0.1, 0.15) is 28.9 Å². The molecule has 1 aromatic rings. The number of methoxy groups -OCH3 is 1. The third kappa shape index (κ3) is 2.31. The summed E-state index contributed by atoms with van der Waals surface area (Å²) in [6.07, 6.45) is -0.179. The minimum atomic E-state index is -0.349. The summed E-state index contributed by atoms with van der Waals surface area (Å²) in [6.45, 7) is 1.83. The fraction of sp³-hybridized carbons (Fsp3) is 0.300. The molecule has 4 nitrogen and oxygen atoms in total. The molecule has 76 valence electrons. The van der Waals surface area contributed by atoms with Crippen molar-refractivity contribution >= 4 is 5.97 Å². The van der Waals surface area contributed by atoms with Crippen LogP contribution in [0.15, 0.2) is 24.3 Å². The van der Waals surface area contributed by atoms with E-state index in [4.69, 9.17) is 5.90 Å². The minimum absolute atomic E-state index is 0.179. The van der Waals surface area contributed by atoms with E-state index in [0.717, 1.165) is 5.56 Å². The third-order valence-electron chi connectivity index (χ3n) is 2.01. The molecule has 0 saturated heterocycles. The summed E-state index contributed by atoms with van der Waals surface area (Å²) in [5, 5.41) is 0. The molecule has 0 spiro atoms. The number of rotatable bonds is 3. The first-order valence-corrected chi connectivity index (χ1v) is 4.23. The van der Waals surface area contributed by atoms with Crippen molar-refractivity contribution in [3.63, 3.8) is 0 Å². The molecule has 0 aliphatic rings. The first-order valence-electron chi connectivity index (χ1n) is 4.23. The van der Waals surface area contributed by atoms with Crippen LogP contribution in [0.5, 0.6) is 0 Å². The van der Waals surface area contributed by atoms with Gasteiger partial charge in [0.1, 0.15) is 6.10 Å². The molecule has 0 heterocycles. The summed E-state index contributed by atoms with van der Waals surface area (Å²) in [5.41, 5.74) is 1.43. The molecule has 0 fully saturated rings. The van der Waals surface area contributed by atoms with Crippen LogP contribution in [0.2, 0.25) is 0 Å². The van der Waals surface area contributed by atoms with Crippen molar-refractivity contribution < 1.29 is 14.4 Å². The molecule has 1 unspecified atom stereocenters. The standard InChI is InChI=1S/C10H13NO3/c1-7(14-11)8-3-5-9(6-4-8)10(12)13-2/h3-7H,11H2,1-2H3. The van der Waals surface area contributed by atoms with Crippen molar-refractivity contribution in [3.05, 3.63) is 35.4 Å². The Morgan fingerprint density at radius 3 is 2.36 bits per heavy atom. The van der Waals surface area contributed by atoms with Gasteiger partial charge >= 0.3 is 5.97 Å². The summed E-state index contributed by atoms with van der Waals surface area (Å²) in [5.74, 6) is 4.69. The van der Waals surface area contributed by atoms with Gasteiger partial charge in [-0.1, -0.05) is 12.1 Å². The quantitative estimate of drug-likeness (QED) is 0.585. The number of carbonyl (C=O) groups excluding carboxylic acids is 1. The lowest BCUT2D eigenvalue weighted by molar-refractivity contribution is 0.0598. The smallest absolute Gasteiger partial charge is 0.337 e. The monoisotopic (exact) mass is 195 g/mol.